The van der Waals surface area contributed by atoms with Gasteiger partial charge in [-0.1, -0.05) is 12.1 Å². The van der Waals surface area contributed by atoms with Crippen LogP contribution in [0.5, 0.6) is 5.75 Å². The van der Waals surface area contributed by atoms with Crippen LogP contribution in [0, 0.1) is 0 Å². The fourth-order valence-electron chi connectivity index (χ4n) is 3.22. The molecule has 154 valence electrons. The third kappa shape index (κ3) is 3.51. The largest absolute Gasteiger partial charge is 0.573 e. The zero-order chi connectivity index (χ0) is 20.8. The second-order valence-corrected chi connectivity index (χ2v) is 6.32. The van der Waals surface area contributed by atoms with Crippen molar-refractivity contribution in [3.05, 3.63) is 36.9 Å². The smallest absolute Gasteiger partial charge is 0.405 e. The van der Waals surface area contributed by atoms with Gasteiger partial charge in [-0.05, 0) is 12.1 Å². The van der Waals surface area contributed by atoms with Gasteiger partial charge in [-0.2, -0.15) is 0 Å². The van der Waals surface area contributed by atoms with Crippen LogP contribution in [0.2, 0.25) is 0 Å². The van der Waals surface area contributed by atoms with Gasteiger partial charge in [0, 0.05) is 5.56 Å². The van der Waals surface area contributed by atoms with E-state index in [4.69, 9.17) is 4.74 Å². The Morgan fingerprint density at radius 1 is 1.10 bits per heavy atom. The number of aliphatic hydroxyl groups is 3. The molecule has 2 aromatic heterocycles. The van der Waals surface area contributed by atoms with Gasteiger partial charge < -0.3 is 24.8 Å². The van der Waals surface area contributed by atoms with E-state index >= 15 is 0 Å². The van der Waals surface area contributed by atoms with Gasteiger partial charge in [0.2, 0.25) is 0 Å². The zero-order valence-electron chi connectivity index (χ0n) is 14.6. The second kappa shape index (κ2) is 7.22. The minimum Gasteiger partial charge on any atom is -0.405 e. The third-order valence-electron chi connectivity index (χ3n) is 4.52. The minimum atomic E-state index is -4.89. The van der Waals surface area contributed by atoms with Crippen LogP contribution in [0.4, 0.5) is 13.2 Å². The Bertz CT molecular complexity index is 1030. The number of rotatable bonds is 4. The standard InChI is InChI=1S/C17H15F3N4O5/c18-17(19,20)29-9-4-2-1-3-8(9)11-12-15(22-6-21-11)24(7-23-12)16-14(27)13(26)10(5-25)28-16/h1-4,6-7,10,13-14,16,25-27H,5H2/t10-,13-,14-,16?/m1/s1. The van der Waals surface area contributed by atoms with Crippen molar-refractivity contribution in [2.75, 3.05) is 6.61 Å². The van der Waals surface area contributed by atoms with Crippen molar-refractivity contribution in [3.63, 3.8) is 0 Å². The molecule has 1 saturated heterocycles. The zero-order valence-corrected chi connectivity index (χ0v) is 14.6. The highest BCUT2D eigenvalue weighted by molar-refractivity contribution is 5.89. The predicted molar refractivity (Wildman–Crippen MR) is 90.5 cm³/mol. The van der Waals surface area contributed by atoms with E-state index in [0.717, 1.165) is 12.4 Å². The molecule has 0 bridgehead atoms. The van der Waals surface area contributed by atoms with Crippen LogP contribution in [0.3, 0.4) is 0 Å². The molecule has 3 aromatic rings. The lowest BCUT2D eigenvalue weighted by Gasteiger charge is -2.16. The van der Waals surface area contributed by atoms with Crippen molar-refractivity contribution in [1.29, 1.82) is 0 Å². The lowest BCUT2D eigenvalue weighted by Crippen LogP contribution is -2.33. The summed E-state index contributed by atoms with van der Waals surface area (Å²) in [5.74, 6) is -0.456. The number of benzene rings is 1. The topological polar surface area (TPSA) is 123 Å². The number of para-hydroxylation sites is 1. The monoisotopic (exact) mass is 412 g/mol. The quantitative estimate of drug-likeness (QED) is 0.580. The number of aromatic nitrogens is 4. The molecule has 12 heteroatoms. The normalized spacial score (nSPS) is 24.9. The van der Waals surface area contributed by atoms with Crippen molar-refractivity contribution in [3.8, 4) is 17.0 Å². The van der Waals surface area contributed by atoms with Gasteiger partial charge in [-0.3, -0.25) is 4.57 Å². The summed E-state index contributed by atoms with van der Waals surface area (Å²) in [7, 11) is 0. The Kier molecular flexibility index (Phi) is 4.86. The lowest BCUT2D eigenvalue weighted by molar-refractivity contribution is -0.274. The van der Waals surface area contributed by atoms with Crippen LogP contribution in [0.25, 0.3) is 22.4 Å². The van der Waals surface area contributed by atoms with Crippen LogP contribution in [0.1, 0.15) is 6.23 Å². The van der Waals surface area contributed by atoms with Crippen LogP contribution >= 0.6 is 0 Å². The molecule has 1 fully saturated rings. The number of halogens is 3. The van der Waals surface area contributed by atoms with Crippen LogP contribution in [0.15, 0.2) is 36.9 Å². The molecule has 9 nitrogen and oxygen atoms in total. The maximum Gasteiger partial charge on any atom is 0.573 e. The first-order valence-electron chi connectivity index (χ1n) is 8.45. The number of aliphatic hydroxyl groups excluding tert-OH is 3. The van der Waals surface area contributed by atoms with E-state index in [0.29, 0.717) is 0 Å². The molecule has 0 amide bonds. The molecule has 1 aliphatic rings. The lowest BCUT2D eigenvalue weighted by atomic mass is 10.1. The van der Waals surface area contributed by atoms with E-state index in [2.05, 4.69) is 19.7 Å². The van der Waals surface area contributed by atoms with E-state index < -0.39 is 43.3 Å². The summed E-state index contributed by atoms with van der Waals surface area (Å²) in [4.78, 5) is 12.3. The summed E-state index contributed by atoms with van der Waals surface area (Å²) in [6.07, 6.45) is -7.31. The van der Waals surface area contributed by atoms with Crippen LogP contribution < -0.4 is 4.74 Å². The number of nitrogens with zero attached hydrogens (tertiary/aromatic N) is 4. The first-order chi connectivity index (χ1) is 13.8. The number of ether oxygens (including phenoxy) is 2. The van der Waals surface area contributed by atoms with E-state index in [1.165, 1.54) is 29.1 Å². The van der Waals surface area contributed by atoms with Gasteiger partial charge >= 0.3 is 6.36 Å². The molecule has 29 heavy (non-hydrogen) atoms. The van der Waals surface area contributed by atoms with Crippen molar-refractivity contribution in [2.24, 2.45) is 0 Å². The third-order valence-corrected chi connectivity index (χ3v) is 4.52. The molecule has 0 spiro atoms. The van der Waals surface area contributed by atoms with Crippen molar-refractivity contribution >= 4 is 11.2 Å². The van der Waals surface area contributed by atoms with E-state index in [9.17, 15) is 28.5 Å². The summed E-state index contributed by atoms with van der Waals surface area (Å²) in [6, 6.07) is 5.46. The summed E-state index contributed by atoms with van der Waals surface area (Å²) < 4.78 is 49.1. The number of hydrogen-bond acceptors (Lipinski definition) is 8. The SMILES string of the molecule is OC[C@H]1OC(n2cnc3c(-c4ccccc4OC(F)(F)F)ncnc32)[C@H](O)[C@@H]1O. The number of imidazole rings is 1. The van der Waals surface area contributed by atoms with E-state index in [-0.39, 0.29) is 22.4 Å². The Morgan fingerprint density at radius 3 is 2.55 bits per heavy atom. The number of alkyl halides is 3. The molecular weight excluding hydrogens is 397 g/mol. The molecule has 3 heterocycles. The van der Waals surface area contributed by atoms with Gasteiger partial charge in [-0.15, -0.1) is 13.2 Å². The summed E-state index contributed by atoms with van der Waals surface area (Å²) in [6.45, 7) is -0.510. The van der Waals surface area contributed by atoms with Crippen LogP contribution in [-0.4, -0.2) is 66.1 Å². The van der Waals surface area contributed by atoms with E-state index in [1.807, 2.05) is 0 Å². The van der Waals surface area contributed by atoms with E-state index in [1.54, 1.807) is 0 Å². The van der Waals surface area contributed by atoms with Crippen molar-refractivity contribution in [1.82, 2.24) is 19.5 Å². The van der Waals surface area contributed by atoms with Gasteiger partial charge in [0.1, 0.15) is 41.6 Å². The molecule has 3 N–H and O–H groups in total. The van der Waals surface area contributed by atoms with Crippen molar-refractivity contribution in [2.45, 2.75) is 30.9 Å². The highest BCUT2D eigenvalue weighted by Gasteiger charge is 2.44. The highest BCUT2D eigenvalue weighted by atomic mass is 19.4. The Morgan fingerprint density at radius 2 is 1.86 bits per heavy atom. The molecule has 0 aliphatic carbocycles. The first kappa shape index (κ1) is 19.5. The maximum atomic E-state index is 12.7. The molecule has 1 aromatic carbocycles. The summed E-state index contributed by atoms with van der Waals surface area (Å²) in [5, 5.41) is 29.4. The Balaban J connectivity index is 1.79. The minimum absolute atomic E-state index is 0.0450. The average molecular weight is 412 g/mol. The maximum absolute atomic E-state index is 12.7. The Labute approximate surface area is 161 Å². The summed E-state index contributed by atoms with van der Waals surface area (Å²) in [5.41, 5.74) is 0.430. The van der Waals surface area contributed by atoms with Gasteiger partial charge in [0.05, 0.1) is 12.9 Å². The fourth-order valence-corrected chi connectivity index (χ4v) is 3.22. The molecule has 4 rings (SSSR count). The predicted octanol–water partition coefficient (Wildman–Crippen LogP) is 1.00. The molecule has 1 unspecified atom stereocenters. The fraction of sp³-hybridized carbons (Fsp3) is 0.353. The first-order valence-corrected chi connectivity index (χ1v) is 8.45. The van der Waals surface area contributed by atoms with Crippen LogP contribution in [-0.2, 0) is 4.74 Å². The molecule has 0 saturated carbocycles. The Hall–Kier alpha value is -2.80. The number of fused-ring (bicyclic) bond motifs is 1. The van der Waals surface area contributed by atoms with Crippen molar-refractivity contribution < 1.29 is 38.0 Å². The van der Waals surface area contributed by atoms with Gasteiger partial charge in [0.15, 0.2) is 11.9 Å². The van der Waals surface area contributed by atoms with Gasteiger partial charge in [0.25, 0.3) is 0 Å². The molecule has 0 radical (unpaired) electrons. The summed E-state index contributed by atoms with van der Waals surface area (Å²) >= 11 is 0. The average Bonchev–Trinajstić information content (AvgIpc) is 3.22. The highest BCUT2D eigenvalue weighted by Crippen LogP contribution is 2.37. The molecule has 4 atom stereocenters. The van der Waals surface area contributed by atoms with Gasteiger partial charge in [-0.25, -0.2) is 15.0 Å². The second-order valence-electron chi connectivity index (χ2n) is 6.32. The molecule has 1 aliphatic heterocycles. The number of hydrogen-bond donors (Lipinski definition) is 3. The molecular formula is C17H15F3N4O5.